The molecule has 1 aliphatic heterocycles. The summed E-state index contributed by atoms with van der Waals surface area (Å²) in [5.74, 6) is -0.406. The lowest BCUT2D eigenvalue weighted by molar-refractivity contribution is -0.132. The number of H-pyrrole nitrogens is 1. The van der Waals surface area contributed by atoms with E-state index in [1.807, 2.05) is 17.2 Å². The number of methoxy groups -OCH3 is 1. The number of aryl methyl sites for hydroxylation is 1. The van der Waals surface area contributed by atoms with E-state index >= 15 is 0 Å². The zero-order valence-corrected chi connectivity index (χ0v) is 16.7. The second-order valence-corrected chi connectivity index (χ2v) is 7.40. The molecular formula is C21H25N5O3. The molecule has 1 saturated heterocycles. The number of likely N-dealkylation sites (tertiary alicyclic amines) is 1. The molecular weight excluding hydrogens is 370 g/mol. The normalized spacial score (nSPS) is 16.9. The molecule has 3 aromatic rings. The molecule has 2 aromatic heterocycles. The Balaban J connectivity index is 1.47. The molecule has 0 aliphatic carbocycles. The highest BCUT2D eigenvalue weighted by atomic mass is 16.5. The summed E-state index contributed by atoms with van der Waals surface area (Å²) in [7, 11) is 1.32. The number of amides is 1. The molecule has 0 saturated carbocycles. The molecule has 8 nitrogen and oxygen atoms in total. The van der Waals surface area contributed by atoms with Crippen molar-refractivity contribution in [1.82, 2.24) is 24.9 Å². The van der Waals surface area contributed by atoms with E-state index in [-0.39, 0.29) is 17.6 Å². The number of hydrogen-bond acceptors (Lipinski definition) is 5. The third-order valence-electron chi connectivity index (χ3n) is 5.64. The molecule has 4 rings (SSSR count). The second kappa shape index (κ2) is 8.06. The molecule has 152 valence electrons. The minimum atomic E-state index is -0.509. The van der Waals surface area contributed by atoms with Gasteiger partial charge in [-0.3, -0.25) is 4.79 Å². The van der Waals surface area contributed by atoms with Crippen molar-refractivity contribution in [3.8, 4) is 0 Å². The van der Waals surface area contributed by atoms with Gasteiger partial charge in [-0.25, -0.2) is 9.48 Å². The van der Waals surface area contributed by atoms with Crippen molar-refractivity contribution in [3.63, 3.8) is 0 Å². The molecule has 1 aliphatic rings. The number of hydrogen-bond donors (Lipinski definition) is 1. The molecule has 0 radical (unpaired) electrons. The summed E-state index contributed by atoms with van der Waals surface area (Å²) in [5.41, 5.74) is 3.58. The van der Waals surface area contributed by atoms with Gasteiger partial charge in [0.25, 0.3) is 0 Å². The first kappa shape index (κ1) is 19.2. The van der Waals surface area contributed by atoms with Gasteiger partial charge in [0.1, 0.15) is 0 Å². The smallest absolute Gasteiger partial charge is 0.360 e. The van der Waals surface area contributed by atoms with Crippen molar-refractivity contribution < 1.29 is 14.3 Å². The van der Waals surface area contributed by atoms with Crippen LogP contribution in [0.4, 0.5) is 0 Å². The Labute approximate surface area is 168 Å². The molecule has 1 fully saturated rings. The molecule has 0 bridgehead atoms. The number of aromatic amines is 1. The van der Waals surface area contributed by atoms with Crippen molar-refractivity contribution in [2.45, 2.75) is 38.6 Å². The van der Waals surface area contributed by atoms with Gasteiger partial charge in [-0.1, -0.05) is 30.3 Å². The molecule has 1 aromatic carbocycles. The first-order valence-electron chi connectivity index (χ1n) is 9.96. The Bertz CT molecular complexity index is 1040. The fourth-order valence-electron chi connectivity index (χ4n) is 4.04. The molecule has 3 heterocycles. The Morgan fingerprint density at radius 1 is 1.31 bits per heavy atom. The Morgan fingerprint density at radius 2 is 2.17 bits per heavy atom. The maximum Gasteiger partial charge on any atom is 0.360 e. The number of nitrogens with one attached hydrogen (secondary N) is 1. The first-order valence-corrected chi connectivity index (χ1v) is 9.96. The van der Waals surface area contributed by atoms with Gasteiger partial charge < -0.3 is 14.6 Å². The Kier molecular flexibility index (Phi) is 5.33. The van der Waals surface area contributed by atoms with Crippen molar-refractivity contribution in [2.24, 2.45) is 0 Å². The third-order valence-corrected chi connectivity index (χ3v) is 5.64. The number of fused-ring (bicyclic) bond motifs is 1. The SMILES string of the molecule is CCc1cccc2c(CC(=O)N3CCCC(n4cc(C(=O)OC)nn4)C3)c[nH]c12. The number of aromatic nitrogens is 4. The van der Waals surface area contributed by atoms with Gasteiger partial charge in [0.05, 0.1) is 25.8 Å². The van der Waals surface area contributed by atoms with E-state index in [0.29, 0.717) is 13.0 Å². The average Bonchev–Trinajstić information content (AvgIpc) is 3.41. The number of para-hydroxylation sites is 1. The van der Waals surface area contributed by atoms with E-state index < -0.39 is 5.97 Å². The van der Waals surface area contributed by atoms with Crippen molar-refractivity contribution >= 4 is 22.8 Å². The Morgan fingerprint density at radius 3 is 2.97 bits per heavy atom. The van der Waals surface area contributed by atoms with Gasteiger partial charge in [-0.2, -0.15) is 0 Å². The number of ether oxygens (including phenoxy) is 1. The van der Waals surface area contributed by atoms with Crippen molar-refractivity contribution in [2.75, 3.05) is 20.2 Å². The molecule has 1 unspecified atom stereocenters. The highest BCUT2D eigenvalue weighted by molar-refractivity contribution is 5.90. The lowest BCUT2D eigenvalue weighted by Crippen LogP contribution is -2.41. The van der Waals surface area contributed by atoms with Crippen LogP contribution in [0.2, 0.25) is 0 Å². The number of esters is 1. The maximum atomic E-state index is 13.0. The molecule has 1 amide bonds. The summed E-state index contributed by atoms with van der Waals surface area (Å²) in [6.07, 6.45) is 6.63. The van der Waals surface area contributed by atoms with Gasteiger partial charge in [0, 0.05) is 30.2 Å². The highest BCUT2D eigenvalue weighted by Crippen LogP contribution is 2.25. The van der Waals surface area contributed by atoms with Gasteiger partial charge in [-0.15, -0.1) is 5.10 Å². The fourth-order valence-corrected chi connectivity index (χ4v) is 4.04. The van der Waals surface area contributed by atoms with Crippen molar-refractivity contribution in [3.05, 3.63) is 47.4 Å². The molecule has 1 atom stereocenters. The fraction of sp³-hybridized carbons (Fsp3) is 0.429. The standard InChI is InChI=1S/C21H25N5O3/c1-3-14-6-4-8-17-15(11-22-20(14)17)10-19(27)25-9-5-7-16(12-25)26-13-18(23-24-26)21(28)29-2/h4,6,8,11,13,16,22H,3,5,7,9-10,12H2,1-2H3. The largest absolute Gasteiger partial charge is 0.464 e. The van der Waals surface area contributed by atoms with E-state index in [0.717, 1.165) is 42.3 Å². The topological polar surface area (TPSA) is 93.1 Å². The lowest BCUT2D eigenvalue weighted by atomic mass is 10.0. The van der Waals surface area contributed by atoms with Gasteiger partial charge in [0.2, 0.25) is 5.91 Å². The van der Waals surface area contributed by atoms with E-state index in [2.05, 4.69) is 39.1 Å². The molecule has 29 heavy (non-hydrogen) atoms. The molecule has 8 heteroatoms. The summed E-state index contributed by atoms with van der Waals surface area (Å²) in [6.45, 7) is 3.42. The van der Waals surface area contributed by atoms with E-state index in [1.54, 1.807) is 10.9 Å². The van der Waals surface area contributed by atoms with Gasteiger partial charge in [0.15, 0.2) is 5.69 Å². The second-order valence-electron chi connectivity index (χ2n) is 7.40. The average molecular weight is 395 g/mol. The molecule has 0 spiro atoms. The van der Waals surface area contributed by atoms with Crippen LogP contribution in [0, 0.1) is 0 Å². The minimum absolute atomic E-state index is 0.00766. The number of carbonyl (C=O) groups excluding carboxylic acids is 2. The van der Waals surface area contributed by atoms with Crippen LogP contribution in [0.3, 0.4) is 0 Å². The van der Waals surface area contributed by atoms with Crippen LogP contribution >= 0.6 is 0 Å². The van der Waals surface area contributed by atoms with Crippen LogP contribution in [-0.4, -0.2) is 57.0 Å². The number of rotatable bonds is 5. The van der Waals surface area contributed by atoms with Crippen LogP contribution in [0.1, 0.15) is 47.4 Å². The first-order chi connectivity index (χ1) is 14.1. The van der Waals surface area contributed by atoms with E-state index in [4.69, 9.17) is 0 Å². The summed E-state index contributed by atoms with van der Waals surface area (Å²) < 4.78 is 6.36. The maximum absolute atomic E-state index is 13.0. The predicted octanol–water partition coefficient (Wildman–Crippen LogP) is 2.51. The quantitative estimate of drug-likeness (QED) is 0.670. The van der Waals surface area contributed by atoms with Crippen molar-refractivity contribution in [1.29, 1.82) is 0 Å². The van der Waals surface area contributed by atoms with E-state index in [9.17, 15) is 9.59 Å². The Hall–Kier alpha value is -3.16. The zero-order valence-electron chi connectivity index (χ0n) is 16.7. The number of nitrogens with zero attached hydrogens (tertiary/aromatic N) is 4. The summed E-state index contributed by atoms with van der Waals surface area (Å²) in [4.78, 5) is 29.8. The van der Waals surface area contributed by atoms with Crippen LogP contribution in [0.15, 0.2) is 30.6 Å². The number of carbonyl (C=O) groups is 2. The highest BCUT2D eigenvalue weighted by Gasteiger charge is 2.27. The van der Waals surface area contributed by atoms with Gasteiger partial charge >= 0.3 is 5.97 Å². The third kappa shape index (κ3) is 3.74. The summed E-state index contributed by atoms with van der Waals surface area (Å²) in [6, 6.07) is 6.23. The number of piperidine rings is 1. The van der Waals surface area contributed by atoms with Crippen LogP contribution in [-0.2, 0) is 22.4 Å². The predicted molar refractivity (Wildman–Crippen MR) is 108 cm³/mol. The minimum Gasteiger partial charge on any atom is -0.464 e. The van der Waals surface area contributed by atoms with Crippen LogP contribution in [0.25, 0.3) is 10.9 Å². The number of benzene rings is 1. The van der Waals surface area contributed by atoms with Gasteiger partial charge in [-0.05, 0) is 30.4 Å². The summed E-state index contributed by atoms with van der Waals surface area (Å²) >= 11 is 0. The lowest BCUT2D eigenvalue weighted by Gasteiger charge is -2.32. The molecule has 1 N–H and O–H groups in total. The van der Waals surface area contributed by atoms with E-state index in [1.165, 1.54) is 12.7 Å². The van der Waals surface area contributed by atoms with Crippen LogP contribution < -0.4 is 0 Å². The van der Waals surface area contributed by atoms with Crippen LogP contribution in [0.5, 0.6) is 0 Å². The monoisotopic (exact) mass is 395 g/mol. The zero-order chi connectivity index (χ0) is 20.4. The summed E-state index contributed by atoms with van der Waals surface area (Å²) in [5, 5.41) is 9.05.